The highest BCUT2D eigenvalue weighted by molar-refractivity contribution is 6.16. The number of nitrogens with zero attached hydrogens (tertiary/aromatic N) is 1. The summed E-state index contributed by atoms with van der Waals surface area (Å²) in [5.41, 5.74) is 0.854. The first-order valence-electron chi connectivity index (χ1n) is 7.00. The standard InChI is InChI=1S/C16H15NO5/c1-7-10(16(21)22)5-6-11-12(7)13(14(19)9-3-4-9)15(20)17(11)8(2)18/h5-6,9,20H,3-4H2,1-2H3,(H,21,22). The van der Waals surface area contributed by atoms with Crippen LogP contribution in [0, 0.1) is 12.8 Å². The number of aromatic nitrogens is 1. The van der Waals surface area contributed by atoms with Gasteiger partial charge in [-0.1, -0.05) is 0 Å². The van der Waals surface area contributed by atoms with Gasteiger partial charge in [-0.25, -0.2) is 4.79 Å². The van der Waals surface area contributed by atoms with Crippen molar-refractivity contribution in [2.24, 2.45) is 5.92 Å². The maximum Gasteiger partial charge on any atom is 0.335 e. The van der Waals surface area contributed by atoms with E-state index in [-0.39, 0.29) is 22.8 Å². The average Bonchev–Trinajstić information content (AvgIpc) is 3.21. The Kier molecular flexibility index (Phi) is 3.05. The van der Waals surface area contributed by atoms with Crippen LogP contribution in [0.5, 0.6) is 5.88 Å². The van der Waals surface area contributed by atoms with Crippen LogP contribution in [0.1, 0.15) is 50.8 Å². The van der Waals surface area contributed by atoms with Crippen LogP contribution in [-0.2, 0) is 0 Å². The second kappa shape index (κ2) is 4.69. The number of ketones is 1. The van der Waals surface area contributed by atoms with Gasteiger partial charge in [0.15, 0.2) is 5.78 Å². The number of carbonyl (C=O) groups excluding carboxylic acids is 2. The number of aromatic hydroxyl groups is 1. The third-order valence-electron chi connectivity index (χ3n) is 4.11. The Bertz CT molecular complexity index is 842. The summed E-state index contributed by atoms with van der Waals surface area (Å²) in [5.74, 6) is -2.32. The van der Waals surface area contributed by atoms with Gasteiger partial charge in [-0.3, -0.25) is 14.2 Å². The van der Waals surface area contributed by atoms with Gasteiger partial charge in [-0.05, 0) is 37.5 Å². The van der Waals surface area contributed by atoms with Crippen molar-refractivity contribution in [1.29, 1.82) is 0 Å². The van der Waals surface area contributed by atoms with E-state index in [9.17, 15) is 24.6 Å². The van der Waals surface area contributed by atoms with Gasteiger partial charge in [0.05, 0.1) is 16.6 Å². The molecule has 1 aromatic heterocycles. The van der Waals surface area contributed by atoms with Crippen molar-refractivity contribution in [3.05, 3.63) is 28.8 Å². The Labute approximate surface area is 126 Å². The zero-order chi connectivity index (χ0) is 16.2. The Morgan fingerprint density at radius 2 is 1.86 bits per heavy atom. The molecule has 1 fully saturated rings. The third kappa shape index (κ3) is 1.91. The van der Waals surface area contributed by atoms with Crippen molar-refractivity contribution in [2.45, 2.75) is 26.7 Å². The predicted octanol–water partition coefficient (Wildman–Crippen LogP) is 2.61. The predicted molar refractivity (Wildman–Crippen MR) is 78.7 cm³/mol. The quantitative estimate of drug-likeness (QED) is 0.849. The van der Waals surface area contributed by atoms with E-state index in [1.165, 1.54) is 19.1 Å². The van der Waals surface area contributed by atoms with Gasteiger partial charge in [0.2, 0.25) is 11.8 Å². The van der Waals surface area contributed by atoms with Gasteiger partial charge in [0.1, 0.15) is 0 Å². The summed E-state index contributed by atoms with van der Waals surface area (Å²) in [6.45, 7) is 2.87. The largest absolute Gasteiger partial charge is 0.494 e. The van der Waals surface area contributed by atoms with Crippen molar-refractivity contribution in [3.63, 3.8) is 0 Å². The highest BCUT2D eigenvalue weighted by atomic mass is 16.4. The molecule has 0 radical (unpaired) electrons. The summed E-state index contributed by atoms with van der Waals surface area (Å²) in [4.78, 5) is 35.6. The molecule has 0 spiro atoms. The van der Waals surface area contributed by atoms with Crippen molar-refractivity contribution >= 4 is 28.6 Å². The Morgan fingerprint density at radius 3 is 2.36 bits per heavy atom. The minimum Gasteiger partial charge on any atom is -0.494 e. The van der Waals surface area contributed by atoms with Crippen molar-refractivity contribution in [1.82, 2.24) is 4.57 Å². The highest BCUT2D eigenvalue weighted by Gasteiger charge is 2.36. The second-order valence-electron chi connectivity index (χ2n) is 5.63. The zero-order valence-corrected chi connectivity index (χ0v) is 12.2. The molecule has 114 valence electrons. The fraction of sp³-hybridized carbons (Fsp3) is 0.312. The smallest absolute Gasteiger partial charge is 0.335 e. The zero-order valence-electron chi connectivity index (χ0n) is 12.2. The first kappa shape index (κ1) is 14.3. The van der Waals surface area contributed by atoms with Crippen LogP contribution in [0.15, 0.2) is 12.1 Å². The van der Waals surface area contributed by atoms with Gasteiger partial charge in [-0.2, -0.15) is 0 Å². The molecule has 2 N–H and O–H groups in total. The molecular weight excluding hydrogens is 286 g/mol. The van der Waals surface area contributed by atoms with Crippen LogP contribution in [0.25, 0.3) is 10.9 Å². The Morgan fingerprint density at radius 1 is 1.23 bits per heavy atom. The SMILES string of the molecule is CC(=O)n1c(O)c(C(=O)C2CC2)c2c(C)c(C(=O)O)ccc21. The molecule has 0 saturated heterocycles. The molecule has 1 aliphatic rings. The van der Waals surface area contributed by atoms with E-state index >= 15 is 0 Å². The first-order valence-corrected chi connectivity index (χ1v) is 7.00. The molecule has 1 heterocycles. The Hall–Kier alpha value is -2.63. The summed E-state index contributed by atoms with van der Waals surface area (Å²) < 4.78 is 1.06. The van der Waals surface area contributed by atoms with E-state index in [0.29, 0.717) is 16.5 Å². The third-order valence-corrected chi connectivity index (χ3v) is 4.11. The molecule has 0 atom stereocenters. The van der Waals surface area contributed by atoms with Crippen LogP contribution in [0.4, 0.5) is 0 Å². The molecule has 0 unspecified atom stereocenters. The van der Waals surface area contributed by atoms with Crippen molar-refractivity contribution in [2.75, 3.05) is 0 Å². The molecule has 6 nitrogen and oxygen atoms in total. The van der Waals surface area contributed by atoms with E-state index in [0.717, 1.165) is 17.4 Å². The minimum absolute atomic E-state index is 0.0537. The van der Waals surface area contributed by atoms with E-state index in [2.05, 4.69) is 0 Å². The van der Waals surface area contributed by atoms with Crippen LogP contribution in [0.3, 0.4) is 0 Å². The van der Waals surface area contributed by atoms with E-state index in [1.54, 1.807) is 6.92 Å². The summed E-state index contributed by atoms with van der Waals surface area (Å²) in [7, 11) is 0. The number of fused-ring (bicyclic) bond motifs is 1. The molecular formula is C16H15NO5. The maximum atomic E-state index is 12.5. The maximum absolute atomic E-state index is 12.5. The topological polar surface area (TPSA) is 96.6 Å². The molecule has 1 aromatic carbocycles. The lowest BCUT2D eigenvalue weighted by Crippen LogP contribution is -2.06. The molecule has 0 bridgehead atoms. The molecule has 0 amide bonds. The van der Waals surface area contributed by atoms with Crippen molar-refractivity contribution < 1.29 is 24.6 Å². The molecule has 3 rings (SSSR count). The number of hydrogen-bond donors (Lipinski definition) is 2. The molecule has 0 aliphatic heterocycles. The molecule has 1 aliphatic carbocycles. The summed E-state index contributed by atoms with van der Waals surface area (Å²) in [6, 6.07) is 2.83. The molecule has 6 heteroatoms. The number of Topliss-reactive ketones (excluding diaryl/α,β-unsaturated/α-hetero) is 1. The normalized spacial score (nSPS) is 14.3. The van der Waals surface area contributed by atoms with Crippen LogP contribution >= 0.6 is 0 Å². The molecule has 22 heavy (non-hydrogen) atoms. The number of aromatic carboxylic acids is 1. The van der Waals surface area contributed by atoms with Gasteiger partial charge >= 0.3 is 5.97 Å². The lowest BCUT2D eigenvalue weighted by atomic mass is 9.98. The van der Waals surface area contributed by atoms with Crippen LogP contribution < -0.4 is 0 Å². The number of carboxylic acids is 1. The van der Waals surface area contributed by atoms with Gasteiger partial charge in [0.25, 0.3) is 0 Å². The van der Waals surface area contributed by atoms with E-state index < -0.39 is 17.8 Å². The number of rotatable bonds is 3. The molecule has 2 aromatic rings. The Balaban J connectivity index is 2.43. The fourth-order valence-corrected chi connectivity index (χ4v) is 2.87. The van der Waals surface area contributed by atoms with E-state index in [1.807, 2.05) is 0 Å². The number of carbonyl (C=O) groups is 3. The van der Waals surface area contributed by atoms with Crippen LogP contribution in [-0.4, -0.2) is 32.4 Å². The summed E-state index contributed by atoms with van der Waals surface area (Å²) >= 11 is 0. The summed E-state index contributed by atoms with van der Waals surface area (Å²) in [6.07, 6.45) is 1.51. The van der Waals surface area contributed by atoms with Gasteiger partial charge < -0.3 is 10.2 Å². The van der Waals surface area contributed by atoms with E-state index in [4.69, 9.17) is 0 Å². The van der Waals surface area contributed by atoms with Gasteiger partial charge in [-0.15, -0.1) is 0 Å². The summed E-state index contributed by atoms with van der Waals surface area (Å²) in [5, 5.41) is 19.9. The van der Waals surface area contributed by atoms with Crippen LogP contribution in [0.2, 0.25) is 0 Å². The lowest BCUT2D eigenvalue weighted by Gasteiger charge is -2.05. The van der Waals surface area contributed by atoms with Crippen molar-refractivity contribution in [3.8, 4) is 5.88 Å². The van der Waals surface area contributed by atoms with Gasteiger partial charge in [0, 0.05) is 18.2 Å². The minimum atomic E-state index is -1.11. The number of benzene rings is 1. The highest BCUT2D eigenvalue weighted by Crippen LogP contribution is 2.41. The monoisotopic (exact) mass is 301 g/mol. The lowest BCUT2D eigenvalue weighted by molar-refractivity contribution is 0.0695. The fourth-order valence-electron chi connectivity index (χ4n) is 2.87. The average molecular weight is 301 g/mol. The first-order chi connectivity index (χ1) is 10.3. The number of carboxylic acid groups (broad SMARTS) is 1. The second-order valence-corrected chi connectivity index (χ2v) is 5.63. The number of hydrogen-bond acceptors (Lipinski definition) is 4. The molecule has 1 saturated carbocycles. The number of aryl methyl sites for hydroxylation is 1.